The van der Waals surface area contributed by atoms with Gasteiger partial charge in [0.15, 0.2) is 11.5 Å². The predicted molar refractivity (Wildman–Crippen MR) is 80.3 cm³/mol. The van der Waals surface area contributed by atoms with Crippen LogP contribution in [-0.4, -0.2) is 19.3 Å². The average molecular weight is 291 g/mol. The Kier molecular flexibility index (Phi) is 4.40. The summed E-state index contributed by atoms with van der Waals surface area (Å²) in [5, 5.41) is 2.92. The second kappa shape index (κ2) is 6.08. The van der Waals surface area contributed by atoms with Crippen LogP contribution in [0.5, 0.6) is 11.5 Å². The van der Waals surface area contributed by atoms with Gasteiger partial charge in [-0.1, -0.05) is 27.4 Å². The highest BCUT2D eigenvalue weighted by molar-refractivity contribution is 5.95. The summed E-state index contributed by atoms with van der Waals surface area (Å²) >= 11 is 0. The van der Waals surface area contributed by atoms with E-state index < -0.39 is 5.41 Å². The Hall–Kier alpha value is -2.17. The normalized spacial score (nSPS) is 20.1. The van der Waals surface area contributed by atoms with Crippen LogP contribution in [0.4, 0.5) is 5.69 Å². The van der Waals surface area contributed by atoms with Crippen molar-refractivity contribution in [2.45, 2.75) is 20.8 Å². The van der Waals surface area contributed by atoms with Gasteiger partial charge in [0, 0.05) is 23.1 Å². The Bertz CT molecular complexity index is 539. The maximum atomic E-state index is 12.3. The molecule has 5 nitrogen and oxygen atoms in total. The van der Waals surface area contributed by atoms with Gasteiger partial charge in [-0.15, -0.1) is 0 Å². The molecule has 0 saturated carbocycles. The van der Waals surface area contributed by atoms with Crippen molar-refractivity contribution in [1.29, 1.82) is 0 Å². The Morgan fingerprint density at radius 1 is 1.52 bits per heavy atom. The van der Waals surface area contributed by atoms with Crippen LogP contribution in [0.2, 0.25) is 0 Å². The third-order valence-corrected chi connectivity index (χ3v) is 3.91. The molecule has 1 aliphatic heterocycles. The molecule has 0 aromatic heterocycles. The Balaban J connectivity index is 2.25. The smallest absolute Gasteiger partial charge is 0.230 e. The summed E-state index contributed by atoms with van der Waals surface area (Å²) in [5.74, 6) is 1.20. The Morgan fingerprint density at radius 3 is 3.00 bits per heavy atom. The molecule has 1 N–H and O–H groups in total. The van der Waals surface area contributed by atoms with Crippen LogP contribution in [0, 0.1) is 11.3 Å². The number of carbonyl (C=O) groups is 1. The van der Waals surface area contributed by atoms with Gasteiger partial charge in [-0.25, -0.2) is 0 Å². The summed E-state index contributed by atoms with van der Waals surface area (Å²) in [6.45, 7) is 9.78. The van der Waals surface area contributed by atoms with Crippen molar-refractivity contribution in [2.24, 2.45) is 11.3 Å². The van der Waals surface area contributed by atoms with Crippen LogP contribution in [0.1, 0.15) is 20.8 Å². The third kappa shape index (κ3) is 3.29. The van der Waals surface area contributed by atoms with Gasteiger partial charge < -0.3 is 19.5 Å². The SMILES string of the molecule is C=COCOc1ccc2cc1OCC(C)C(C)(C)C(=O)N2. The highest BCUT2D eigenvalue weighted by Crippen LogP contribution is 2.36. The molecule has 1 amide bonds. The molecule has 1 aromatic carbocycles. The van der Waals surface area contributed by atoms with Crippen LogP contribution in [0.25, 0.3) is 0 Å². The lowest BCUT2D eigenvalue weighted by Gasteiger charge is -2.29. The van der Waals surface area contributed by atoms with E-state index in [1.54, 1.807) is 18.2 Å². The fourth-order valence-electron chi connectivity index (χ4n) is 1.90. The molecule has 0 fully saturated rings. The van der Waals surface area contributed by atoms with Crippen molar-refractivity contribution in [3.63, 3.8) is 0 Å². The molecule has 1 heterocycles. The lowest BCUT2D eigenvalue weighted by molar-refractivity contribution is -0.126. The van der Waals surface area contributed by atoms with Gasteiger partial charge in [-0.05, 0) is 12.1 Å². The molecule has 2 rings (SSSR count). The van der Waals surface area contributed by atoms with Crippen molar-refractivity contribution in [1.82, 2.24) is 0 Å². The zero-order valence-corrected chi connectivity index (χ0v) is 12.6. The van der Waals surface area contributed by atoms with Crippen molar-refractivity contribution in [2.75, 3.05) is 18.7 Å². The summed E-state index contributed by atoms with van der Waals surface area (Å²) in [6, 6.07) is 5.29. The van der Waals surface area contributed by atoms with Gasteiger partial charge in [0.25, 0.3) is 0 Å². The van der Waals surface area contributed by atoms with Gasteiger partial charge in [0.1, 0.15) is 0 Å². The van der Waals surface area contributed by atoms with E-state index in [9.17, 15) is 4.79 Å². The van der Waals surface area contributed by atoms with E-state index in [0.29, 0.717) is 23.8 Å². The number of ether oxygens (including phenoxy) is 3. The number of hydrogen-bond donors (Lipinski definition) is 1. The van der Waals surface area contributed by atoms with Crippen LogP contribution >= 0.6 is 0 Å². The highest BCUT2D eigenvalue weighted by Gasteiger charge is 2.35. The van der Waals surface area contributed by atoms with Crippen molar-refractivity contribution in [3.05, 3.63) is 31.0 Å². The van der Waals surface area contributed by atoms with Gasteiger partial charge in [-0.2, -0.15) is 0 Å². The maximum Gasteiger partial charge on any atom is 0.230 e. The molecule has 114 valence electrons. The molecular formula is C16H21NO4. The standard InChI is InChI=1S/C16H21NO4/c1-5-19-10-21-13-7-6-12-8-14(13)20-9-11(2)16(3,4)15(18)17-12/h5-8,11H,1,9-10H2,2-4H3,(H,17,18). The molecule has 1 aliphatic rings. The molecule has 5 heteroatoms. The van der Waals surface area contributed by atoms with E-state index in [1.807, 2.05) is 20.8 Å². The van der Waals surface area contributed by atoms with Crippen LogP contribution in [-0.2, 0) is 9.53 Å². The highest BCUT2D eigenvalue weighted by atomic mass is 16.7. The fraction of sp³-hybridized carbons (Fsp3) is 0.438. The molecule has 1 unspecified atom stereocenters. The predicted octanol–water partition coefficient (Wildman–Crippen LogP) is 3.18. The first-order valence-electron chi connectivity index (χ1n) is 6.88. The van der Waals surface area contributed by atoms with E-state index in [1.165, 1.54) is 6.26 Å². The molecule has 1 atom stereocenters. The molecule has 1 aromatic rings. The van der Waals surface area contributed by atoms with E-state index in [4.69, 9.17) is 14.2 Å². The van der Waals surface area contributed by atoms with Crippen LogP contribution in [0.3, 0.4) is 0 Å². The van der Waals surface area contributed by atoms with Crippen LogP contribution < -0.4 is 14.8 Å². The van der Waals surface area contributed by atoms with E-state index in [2.05, 4.69) is 11.9 Å². The maximum absolute atomic E-state index is 12.3. The lowest BCUT2D eigenvalue weighted by atomic mass is 9.79. The molecule has 2 bridgehead atoms. The number of fused-ring (bicyclic) bond motifs is 2. The number of benzene rings is 1. The van der Waals surface area contributed by atoms with E-state index >= 15 is 0 Å². The first-order valence-corrected chi connectivity index (χ1v) is 6.88. The van der Waals surface area contributed by atoms with Crippen LogP contribution in [0.15, 0.2) is 31.0 Å². The lowest BCUT2D eigenvalue weighted by Crippen LogP contribution is -2.38. The molecular weight excluding hydrogens is 270 g/mol. The Labute approximate surface area is 124 Å². The zero-order valence-electron chi connectivity index (χ0n) is 12.6. The molecule has 0 spiro atoms. The van der Waals surface area contributed by atoms with Gasteiger partial charge in [0.05, 0.1) is 12.9 Å². The van der Waals surface area contributed by atoms with Gasteiger partial charge in [-0.3, -0.25) is 4.79 Å². The number of nitrogens with one attached hydrogen (secondary N) is 1. The minimum Gasteiger partial charge on any atom is -0.489 e. The molecule has 21 heavy (non-hydrogen) atoms. The summed E-state index contributed by atoms with van der Waals surface area (Å²) in [7, 11) is 0. The average Bonchev–Trinajstić information content (AvgIpc) is 2.48. The van der Waals surface area contributed by atoms with Crippen molar-refractivity contribution >= 4 is 11.6 Å². The summed E-state index contributed by atoms with van der Waals surface area (Å²) in [5.41, 5.74) is 0.175. The largest absolute Gasteiger partial charge is 0.489 e. The number of anilines is 1. The summed E-state index contributed by atoms with van der Waals surface area (Å²) in [6.07, 6.45) is 1.31. The minimum absolute atomic E-state index is 0.0184. The first kappa shape index (κ1) is 15.2. The molecule has 0 radical (unpaired) electrons. The monoisotopic (exact) mass is 291 g/mol. The number of amides is 1. The van der Waals surface area contributed by atoms with Crippen molar-refractivity contribution in [3.8, 4) is 11.5 Å². The molecule has 0 saturated heterocycles. The number of hydrogen-bond acceptors (Lipinski definition) is 4. The second-order valence-corrected chi connectivity index (χ2v) is 5.64. The quantitative estimate of drug-likeness (QED) is 0.526. The zero-order chi connectivity index (χ0) is 15.5. The number of carbonyl (C=O) groups excluding carboxylic acids is 1. The van der Waals surface area contributed by atoms with Gasteiger partial charge >= 0.3 is 0 Å². The van der Waals surface area contributed by atoms with Crippen molar-refractivity contribution < 1.29 is 19.0 Å². The Morgan fingerprint density at radius 2 is 2.29 bits per heavy atom. The minimum atomic E-state index is -0.514. The first-order chi connectivity index (χ1) is 9.95. The third-order valence-electron chi connectivity index (χ3n) is 3.91. The topological polar surface area (TPSA) is 56.8 Å². The van der Waals surface area contributed by atoms with Gasteiger partial charge in [0.2, 0.25) is 12.7 Å². The summed E-state index contributed by atoms with van der Waals surface area (Å²) in [4.78, 5) is 12.3. The summed E-state index contributed by atoms with van der Waals surface area (Å²) < 4.78 is 16.3. The number of rotatable bonds is 4. The fourth-order valence-corrected chi connectivity index (χ4v) is 1.90. The second-order valence-electron chi connectivity index (χ2n) is 5.64. The molecule has 0 aliphatic carbocycles. The van der Waals surface area contributed by atoms with E-state index in [0.717, 1.165) is 0 Å². The van der Waals surface area contributed by atoms with E-state index in [-0.39, 0.29) is 18.6 Å².